The number of ether oxygens (including phenoxy) is 3. The fourth-order valence-electron chi connectivity index (χ4n) is 1.71. The van der Waals surface area contributed by atoms with Crippen LogP contribution in [-0.2, 0) is 4.74 Å². The molecule has 0 amide bonds. The predicted molar refractivity (Wildman–Crippen MR) is 63.5 cm³/mol. The summed E-state index contributed by atoms with van der Waals surface area (Å²) in [6, 6.07) is 3.11. The highest BCUT2D eigenvalue weighted by Gasteiger charge is 2.17. The van der Waals surface area contributed by atoms with E-state index in [1.165, 1.54) is 27.4 Å². The first kappa shape index (κ1) is 12.0. The van der Waals surface area contributed by atoms with Crippen LogP contribution in [0.1, 0.15) is 0 Å². The van der Waals surface area contributed by atoms with Gasteiger partial charge in [0.2, 0.25) is 0 Å². The minimum Gasteiger partial charge on any atom is -0.493 e. The lowest BCUT2D eigenvalue weighted by atomic mass is 10.2. The van der Waals surface area contributed by atoms with E-state index in [4.69, 9.17) is 9.47 Å². The topological polar surface area (TPSA) is 82.6 Å². The van der Waals surface area contributed by atoms with Crippen molar-refractivity contribution in [2.75, 3.05) is 21.3 Å². The summed E-state index contributed by atoms with van der Waals surface area (Å²) in [5, 5.41) is 0. The zero-order valence-electron chi connectivity index (χ0n) is 10.1. The molecular formula is C11H12N2O5. The van der Waals surface area contributed by atoms with Crippen molar-refractivity contribution in [1.29, 1.82) is 0 Å². The van der Waals surface area contributed by atoms with Gasteiger partial charge in [-0.3, -0.25) is 0 Å². The average Bonchev–Trinajstić information content (AvgIpc) is 2.71. The van der Waals surface area contributed by atoms with E-state index in [0.717, 1.165) is 4.57 Å². The summed E-state index contributed by atoms with van der Waals surface area (Å²) in [5.74, 6) is 0.880. The number of imidazole rings is 1. The summed E-state index contributed by atoms with van der Waals surface area (Å²) in [6.07, 6.45) is -0.765. The molecule has 1 heterocycles. The van der Waals surface area contributed by atoms with Gasteiger partial charge in [-0.05, 0) is 0 Å². The highest BCUT2D eigenvalue weighted by atomic mass is 16.5. The van der Waals surface area contributed by atoms with Crippen LogP contribution in [0.3, 0.4) is 0 Å². The van der Waals surface area contributed by atoms with Crippen LogP contribution in [0.4, 0.5) is 4.79 Å². The maximum Gasteiger partial charge on any atom is 0.422 e. The number of carbonyl (C=O) groups excluding carboxylic acids is 1. The summed E-state index contributed by atoms with van der Waals surface area (Å²) in [7, 11) is 4.16. The molecule has 0 atom stereocenters. The Morgan fingerprint density at radius 1 is 1.17 bits per heavy atom. The fourth-order valence-corrected chi connectivity index (χ4v) is 1.71. The smallest absolute Gasteiger partial charge is 0.422 e. The molecule has 96 valence electrons. The number of hydrogen-bond donors (Lipinski definition) is 1. The van der Waals surface area contributed by atoms with E-state index in [1.807, 2.05) is 0 Å². The van der Waals surface area contributed by atoms with Crippen molar-refractivity contribution in [3.05, 3.63) is 22.6 Å². The van der Waals surface area contributed by atoms with Crippen LogP contribution in [0.5, 0.6) is 11.5 Å². The van der Waals surface area contributed by atoms with Crippen LogP contribution in [0, 0.1) is 0 Å². The molecule has 0 aliphatic heterocycles. The van der Waals surface area contributed by atoms with Gasteiger partial charge in [0.05, 0.1) is 32.4 Å². The summed E-state index contributed by atoms with van der Waals surface area (Å²) in [4.78, 5) is 25.7. The largest absolute Gasteiger partial charge is 0.493 e. The van der Waals surface area contributed by atoms with E-state index in [1.54, 1.807) is 6.07 Å². The molecule has 0 aliphatic carbocycles. The second kappa shape index (κ2) is 4.44. The fraction of sp³-hybridized carbons (Fsp3) is 0.273. The van der Waals surface area contributed by atoms with E-state index in [-0.39, 0.29) is 0 Å². The van der Waals surface area contributed by atoms with Crippen LogP contribution in [0.25, 0.3) is 11.0 Å². The number of hydrogen-bond acceptors (Lipinski definition) is 5. The molecule has 0 saturated carbocycles. The highest BCUT2D eigenvalue weighted by molar-refractivity contribution is 5.88. The quantitative estimate of drug-likeness (QED) is 0.860. The average molecular weight is 252 g/mol. The molecule has 2 rings (SSSR count). The van der Waals surface area contributed by atoms with Crippen molar-refractivity contribution in [3.63, 3.8) is 0 Å². The molecule has 7 nitrogen and oxygen atoms in total. The van der Waals surface area contributed by atoms with Gasteiger partial charge in [0.1, 0.15) is 0 Å². The molecule has 1 aromatic carbocycles. The normalized spacial score (nSPS) is 10.4. The maximum absolute atomic E-state index is 11.7. The molecule has 0 fully saturated rings. The molecule has 0 unspecified atom stereocenters. The first-order chi connectivity index (χ1) is 8.62. The van der Waals surface area contributed by atoms with Gasteiger partial charge >= 0.3 is 11.8 Å². The first-order valence-corrected chi connectivity index (χ1v) is 5.07. The Hall–Kier alpha value is -2.44. The third-order valence-electron chi connectivity index (χ3n) is 2.54. The van der Waals surface area contributed by atoms with Gasteiger partial charge in [-0.1, -0.05) is 0 Å². The Labute approximate surface area is 102 Å². The standard InChI is InChI=1S/C11H12N2O5/c1-16-8-4-6-7(5-9(8)17-2)13(10(14)12-6)11(15)18-3/h4-5H,1-3H3,(H,12,14). The Bertz CT molecular complexity index is 655. The van der Waals surface area contributed by atoms with Crippen LogP contribution in [0.2, 0.25) is 0 Å². The monoisotopic (exact) mass is 252 g/mol. The Balaban J connectivity index is 2.78. The lowest BCUT2D eigenvalue weighted by Crippen LogP contribution is -2.24. The van der Waals surface area contributed by atoms with Gasteiger partial charge in [0.15, 0.2) is 11.5 Å². The SMILES string of the molecule is COC(=O)n1c(=O)[nH]c2cc(OC)c(OC)cc21. The van der Waals surface area contributed by atoms with Gasteiger partial charge in [-0.25, -0.2) is 9.59 Å². The molecule has 1 aromatic heterocycles. The number of nitrogens with one attached hydrogen (secondary N) is 1. The maximum atomic E-state index is 11.7. The molecule has 0 radical (unpaired) electrons. The number of benzene rings is 1. The van der Waals surface area contributed by atoms with Crippen molar-refractivity contribution >= 4 is 17.1 Å². The van der Waals surface area contributed by atoms with E-state index in [9.17, 15) is 9.59 Å². The molecule has 2 aromatic rings. The molecule has 0 bridgehead atoms. The highest BCUT2D eigenvalue weighted by Crippen LogP contribution is 2.30. The second-order valence-electron chi connectivity index (χ2n) is 3.46. The number of nitrogens with zero attached hydrogens (tertiary/aromatic N) is 1. The molecule has 0 saturated heterocycles. The van der Waals surface area contributed by atoms with Crippen LogP contribution in [-0.4, -0.2) is 37.0 Å². The van der Waals surface area contributed by atoms with E-state index in [2.05, 4.69) is 9.72 Å². The second-order valence-corrected chi connectivity index (χ2v) is 3.46. The number of carbonyl (C=O) groups is 1. The number of rotatable bonds is 2. The molecular weight excluding hydrogens is 240 g/mol. The lowest BCUT2D eigenvalue weighted by molar-refractivity contribution is 0.173. The molecule has 0 aliphatic rings. The summed E-state index contributed by atoms with van der Waals surface area (Å²) in [5.41, 5.74) is 0.250. The molecule has 7 heteroatoms. The van der Waals surface area contributed by atoms with Gasteiger partial charge in [0, 0.05) is 12.1 Å². The third kappa shape index (κ3) is 1.69. The van der Waals surface area contributed by atoms with Gasteiger partial charge in [0.25, 0.3) is 0 Å². The van der Waals surface area contributed by atoms with Crippen molar-refractivity contribution in [1.82, 2.24) is 9.55 Å². The van der Waals surface area contributed by atoms with Crippen molar-refractivity contribution in [2.45, 2.75) is 0 Å². The number of aromatic amines is 1. The third-order valence-corrected chi connectivity index (χ3v) is 2.54. The Morgan fingerprint density at radius 2 is 1.78 bits per heavy atom. The Kier molecular flexibility index (Phi) is 2.97. The predicted octanol–water partition coefficient (Wildman–Crippen LogP) is 0.961. The van der Waals surface area contributed by atoms with Crippen molar-refractivity contribution < 1.29 is 19.0 Å². The molecule has 18 heavy (non-hydrogen) atoms. The summed E-state index contributed by atoms with van der Waals surface area (Å²) < 4.78 is 15.7. The van der Waals surface area contributed by atoms with E-state index in [0.29, 0.717) is 22.5 Å². The number of H-pyrrole nitrogens is 1. The molecule has 0 spiro atoms. The number of fused-ring (bicyclic) bond motifs is 1. The van der Waals surface area contributed by atoms with E-state index >= 15 is 0 Å². The Morgan fingerprint density at radius 3 is 2.33 bits per heavy atom. The van der Waals surface area contributed by atoms with Gasteiger partial charge < -0.3 is 19.2 Å². The summed E-state index contributed by atoms with van der Waals surface area (Å²) in [6.45, 7) is 0. The van der Waals surface area contributed by atoms with Crippen molar-refractivity contribution in [3.8, 4) is 11.5 Å². The zero-order valence-corrected chi connectivity index (χ0v) is 10.1. The first-order valence-electron chi connectivity index (χ1n) is 5.07. The van der Waals surface area contributed by atoms with Crippen molar-refractivity contribution in [2.24, 2.45) is 0 Å². The molecule has 1 N–H and O–H groups in total. The van der Waals surface area contributed by atoms with Crippen LogP contribution >= 0.6 is 0 Å². The summed E-state index contributed by atoms with van der Waals surface area (Å²) >= 11 is 0. The van der Waals surface area contributed by atoms with E-state index < -0.39 is 11.8 Å². The van der Waals surface area contributed by atoms with Gasteiger partial charge in [-0.2, -0.15) is 4.57 Å². The lowest BCUT2D eigenvalue weighted by Gasteiger charge is -2.07. The minimum atomic E-state index is -0.765. The van der Waals surface area contributed by atoms with Crippen LogP contribution in [0.15, 0.2) is 16.9 Å². The van der Waals surface area contributed by atoms with Crippen LogP contribution < -0.4 is 15.2 Å². The minimum absolute atomic E-state index is 0.365. The number of methoxy groups -OCH3 is 3. The van der Waals surface area contributed by atoms with Gasteiger partial charge in [-0.15, -0.1) is 0 Å². The zero-order chi connectivity index (χ0) is 13.3. The number of aromatic nitrogens is 2.